The number of nitrogen functional groups attached to an aromatic ring is 1. The number of anilines is 1. The highest BCUT2D eigenvalue weighted by Gasteiger charge is 2.30. The fraction of sp³-hybridized carbons (Fsp3) is 0.469. The van der Waals surface area contributed by atoms with Gasteiger partial charge in [0.2, 0.25) is 0 Å². The number of phenolic OH excluding ortho intramolecular Hbond substituents is 1. The quantitative estimate of drug-likeness (QED) is 0.112. The van der Waals surface area contributed by atoms with Gasteiger partial charge in [0.15, 0.2) is 29.2 Å². The zero-order valence-electron chi connectivity index (χ0n) is 24.0. The number of unbranched alkanes of at least 4 members (excludes halogenated alkanes) is 4. The van der Waals surface area contributed by atoms with Gasteiger partial charge in [0.1, 0.15) is 5.82 Å². The van der Waals surface area contributed by atoms with E-state index in [9.17, 15) is 24.9 Å². The van der Waals surface area contributed by atoms with Crippen LogP contribution < -0.4 is 10.5 Å². The number of nitrogens with two attached hydrogens (primary N) is 1. The first-order valence-corrected chi connectivity index (χ1v) is 14.4. The summed E-state index contributed by atoms with van der Waals surface area (Å²) in [6.07, 6.45) is 7.44. The number of aromatic hydroxyl groups is 1. The molecule has 0 radical (unpaired) electrons. The monoisotopic (exact) mass is 565 g/mol. The van der Waals surface area contributed by atoms with Crippen LogP contribution in [0.15, 0.2) is 48.8 Å². The Morgan fingerprint density at radius 1 is 1.07 bits per heavy atom. The molecule has 0 aliphatic heterocycles. The average Bonchev–Trinajstić information content (AvgIpc) is 3.49. The number of pyridine rings is 1. The molecule has 0 saturated heterocycles. The topological polar surface area (TPSA) is 159 Å². The van der Waals surface area contributed by atoms with Crippen LogP contribution in [0.1, 0.15) is 80.2 Å². The number of nitrogens with zero attached hydrogens (tertiary/aromatic N) is 1. The number of ketones is 2. The fourth-order valence-corrected chi connectivity index (χ4v) is 5.28. The van der Waals surface area contributed by atoms with E-state index in [2.05, 4.69) is 16.9 Å². The number of carbonyl (C=O) groups excluding carboxylic acids is 2. The van der Waals surface area contributed by atoms with Crippen LogP contribution in [-0.2, 0) is 22.4 Å². The molecular formula is C32H43N3O6. The van der Waals surface area contributed by atoms with E-state index in [0.717, 1.165) is 36.9 Å². The maximum Gasteiger partial charge on any atom is 0.170 e. The molecule has 3 rings (SSSR count). The summed E-state index contributed by atoms with van der Waals surface area (Å²) in [7, 11) is 1.44. The van der Waals surface area contributed by atoms with E-state index in [0.29, 0.717) is 29.8 Å². The molecule has 0 saturated carbocycles. The summed E-state index contributed by atoms with van der Waals surface area (Å²) in [6, 6.07) is 10.8. The molecule has 0 fully saturated rings. The van der Waals surface area contributed by atoms with Crippen LogP contribution in [0.2, 0.25) is 0 Å². The molecule has 0 amide bonds. The van der Waals surface area contributed by atoms with Crippen molar-refractivity contribution in [3.63, 3.8) is 0 Å². The first kappa shape index (κ1) is 31.8. The van der Waals surface area contributed by atoms with Crippen molar-refractivity contribution >= 4 is 17.4 Å². The van der Waals surface area contributed by atoms with Gasteiger partial charge in [0, 0.05) is 49.0 Å². The van der Waals surface area contributed by atoms with Gasteiger partial charge in [-0.05, 0) is 66.6 Å². The Labute approximate surface area is 241 Å². The second kappa shape index (κ2) is 15.9. The van der Waals surface area contributed by atoms with Crippen molar-refractivity contribution in [1.29, 1.82) is 0 Å². The summed E-state index contributed by atoms with van der Waals surface area (Å²) >= 11 is 0. The van der Waals surface area contributed by atoms with Crippen LogP contribution in [-0.4, -0.2) is 56.7 Å². The first-order chi connectivity index (χ1) is 19.8. The van der Waals surface area contributed by atoms with Crippen molar-refractivity contribution < 1.29 is 29.6 Å². The summed E-state index contributed by atoms with van der Waals surface area (Å²) in [6.45, 7) is 1.94. The summed E-state index contributed by atoms with van der Waals surface area (Å²) in [5.41, 5.74) is 8.88. The first-order valence-electron chi connectivity index (χ1n) is 14.4. The zero-order valence-corrected chi connectivity index (χ0v) is 24.0. The van der Waals surface area contributed by atoms with E-state index < -0.39 is 23.6 Å². The third-order valence-corrected chi connectivity index (χ3v) is 7.53. The minimum atomic E-state index is -1.63. The molecular weight excluding hydrogens is 522 g/mol. The number of hydrogen-bond donors (Lipinski definition) is 5. The summed E-state index contributed by atoms with van der Waals surface area (Å²) in [5.74, 6) is -1.36. The normalized spacial score (nSPS) is 13.5. The molecule has 0 unspecified atom stereocenters. The Morgan fingerprint density at radius 2 is 1.83 bits per heavy atom. The third kappa shape index (κ3) is 8.90. The molecule has 0 bridgehead atoms. The summed E-state index contributed by atoms with van der Waals surface area (Å²) < 4.78 is 5.48. The molecule has 2 heterocycles. The van der Waals surface area contributed by atoms with Gasteiger partial charge in [-0.1, -0.05) is 38.7 Å². The van der Waals surface area contributed by atoms with Gasteiger partial charge in [-0.2, -0.15) is 0 Å². The number of aliphatic hydroxyl groups is 2. The Balaban J connectivity index is 1.85. The Bertz CT molecular complexity index is 1260. The summed E-state index contributed by atoms with van der Waals surface area (Å²) in [5, 5.41) is 32.1. The number of nitrogens with one attached hydrogen (secondary N) is 1. The van der Waals surface area contributed by atoms with E-state index in [1.54, 1.807) is 30.5 Å². The van der Waals surface area contributed by atoms with E-state index >= 15 is 0 Å². The van der Waals surface area contributed by atoms with E-state index in [4.69, 9.17) is 10.5 Å². The van der Waals surface area contributed by atoms with Crippen molar-refractivity contribution in [3.05, 3.63) is 71.2 Å². The highest BCUT2D eigenvalue weighted by molar-refractivity contribution is 6.05. The minimum Gasteiger partial charge on any atom is -0.504 e. The number of methoxy groups -OCH3 is 1. The number of carbonyl (C=O) groups is 2. The third-order valence-electron chi connectivity index (χ3n) is 7.53. The van der Waals surface area contributed by atoms with Crippen molar-refractivity contribution in [2.45, 2.75) is 76.7 Å². The molecule has 41 heavy (non-hydrogen) atoms. The Morgan fingerprint density at radius 3 is 2.49 bits per heavy atom. The maximum absolute atomic E-state index is 12.7. The molecule has 0 spiro atoms. The lowest BCUT2D eigenvalue weighted by atomic mass is 9.78. The number of ether oxygens (including phenoxy) is 1. The number of benzene rings is 1. The second-order valence-electron chi connectivity index (χ2n) is 10.6. The smallest absolute Gasteiger partial charge is 0.170 e. The number of hydrogen-bond acceptors (Lipinski definition) is 8. The Hall–Kier alpha value is -3.69. The number of Topliss-reactive ketones (excluding diaryl/α,β-unsaturated/α-hetero) is 2. The highest BCUT2D eigenvalue weighted by atomic mass is 16.5. The number of aromatic nitrogens is 2. The van der Waals surface area contributed by atoms with Crippen LogP contribution in [0.4, 0.5) is 5.82 Å². The fourth-order valence-electron chi connectivity index (χ4n) is 5.28. The number of rotatable bonds is 18. The van der Waals surface area contributed by atoms with Crippen LogP contribution >= 0.6 is 0 Å². The molecule has 9 heteroatoms. The van der Waals surface area contributed by atoms with E-state index in [-0.39, 0.29) is 43.3 Å². The van der Waals surface area contributed by atoms with Crippen LogP contribution in [0.5, 0.6) is 11.5 Å². The van der Waals surface area contributed by atoms with E-state index in [1.807, 2.05) is 18.3 Å². The molecule has 1 aromatic carbocycles. The molecule has 0 aliphatic rings. The molecule has 2 aromatic heterocycles. The molecule has 6 N–H and O–H groups in total. The van der Waals surface area contributed by atoms with Crippen LogP contribution in [0.25, 0.3) is 0 Å². The molecule has 3 aromatic rings. The molecule has 0 aliphatic carbocycles. The Kier molecular flexibility index (Phi) is 12.4. The van der Waals surface area contributed by atoms with Gasteiger partial charge in [0.05, 0.1) is 7.11 Å². The minimum absolute atomic E-state index is 0.0467. The second-order valence-corrected chi connectivity index (χ2v) is 10.6. The average molecular weight is 566 g/mol. The molecule has 9 nitrogen and oxygen atoms in total. The van der Waals surface area contributed by atoms with Gasteiger partial charge in [-0.25, -0.2) is 4.98 Å². The van der Waals surface area contributed by atoms with Gasteiger partial charge in [-0.15, -0.1) is 0 Å². The predicted molar refractivity (Wildman–Crippen MR) is 158 cm³/mol. The maximum atomic E-state index is 12.7. The lowest BCUT2D eigenvalue weighted by Gasteiger charge is -2.28. The number of aromatic amines is 1. The van der Waals surface area contributed by atoms with Gasteiger partial charge in [0.25, 0.3) is 0 Å². The van der Waals surface area contributed by atoms with Gasteiger partial charge < -0.3 is 30.8 Å². The van der Waals surface area contributed by atoms with Crippen molar-refractivity contribution in [1.82, 2.24) is 9.97 Å². The van der Waals surface area contributed by atoms with Crippen LogP contribution in [0, 0.1) is 5.92 Å². The predicted octanol–water partition coefficient (Wildman–Crippen LogP) is 4.48. The van der Waals surface area contributed by atoms with Crippen molar-refractivity contribution in [2.24, 2.45) is 5.92 Å². The number of aryl methyl sites for hydroxylation is 1. The highest BCUT2D eigenvalue weighted by Crippen LogP contribution is 2.43. The van der Waals surface area contributed by atoms with Gasteiger partial charge in [-0.3, -0.25) is 9.59 Å². The summed E-state index contributed by atoms with van der Waals surface area (Å²) in [4.78, 5) is 32.4. The van der Waals surface area contributed by atoms with Crippen LogP contribution in [0.3, 0.4) is 0 Å². The largest absolute Gasteiger partial charge is 0.504 e. The molecule has 222 valence electrons. The van der Waals surface area contributed by atoms with Crippen molar-refractivity contribution in [3.8, 4) is 11.5 Å². The number of H-pyrrole nitrogens is 1. The van der Waals surface area contributed by atoms with Gasteiger partial charge >= 0.3 is 0 Å². The number of phenols is 1. The SMILES string of the molecule is CCCCCCCC(=O)[C@H](O)C(=O)CCc1cc(OC)c(O)c([C@@H](c2ccnc(N)c2)[C@H](CO)Cc2ccc[nH]2)c1. The lowest BCUT2D eigenvalue weighted by Crippen LogP contribution is -2.30. The standard InChI is InChI=1S/C32H43N3O6/c1-3-4-5-6-7-10-26(37)32(40)27(38)12-11-21-16-25(31(39)28(17-21)41-2)30(22-13-15-35-29(33)19-22)23(20-36)18-24-9-8-14-34-24/h8-9,13-17,19,23,30,32,34,36,39-40H,3-7,10-12,18,20H2,1-2H3,(H2,33,35)/t23-,30-,32-/m0/s1. The van der Waals surface area contributed by atoms with E-state index in [1.165, 1.54) is 7.11 Å². The number of aliphatic hydroxyl groups excluding tert-OH is 2. The van der Waals surface area contributed by atoms with Crippen molar-refractivity contribution in [2.75, 3.05) is 19.5 Å². The zero-order chi connectivity index (χ0) is 29.8. The molecule has 3 atom stereocenters. The lowest BCUT2D eigenvalue weighted by molar-refractivity contribution is -0.138.